The maximum Gasteiger partial charge on any atom is 0.239 e. The maximum absolute atomic E-state index is 12.2. The van der Waals surface area contributed by atoms with Gasteiger partial charge in [0, 0.05) is 13.1 Å². The number of carbonyl (C=O) groups excluding carboxylic acids is 1. The van der Waals surface area contributed by atoms with E-state index in [2.05, 4.69) is 0 Å². The van der Waals surface area contributed by atoms with E-state index in [1.807, 2.05) is 45.2 Å². The van der Waals surface area contributed by atoms with Crippen molar-refractivity contribution in [3.63, 3.8) is 0 Å². The van der Waals surface area contributed by atoms with Gasteiger partial charge in [-0.2, -0.15) is 0 Å². The van der Waals surface area contributed by atoms with Gasteiger partial charge in [0.05, 0.1) is 13.2 Å². The molecule has 1 aromatic rings. The summed E-state index contributed by atoms with van der Waals surface area (Å²) < 4.78 is 5.34. The van der Waals surface area contributed by atoms with Gasteiger partial charge in [-0.1, -0.05) is 31.5 Å². The predicted octanol–water partition coefficient (Wildman–Crippen LogP) is 2.21. The van der Waals surface area contributed by atoms with E-state index in [0.717, 1.165) is 30.6 Å². The molecule has 0 saturated carbocycles. The van der Waals surface area contributed by atoms with Crippen LogP contribution < -0.4 is 10.5 Å². The zero-order valence-electron chi connectivity index (χ0n) is 12.9. The highest BCUT2D eigenvalue weighted by Crippen LogP contribution is 2.20. The van der Waals surface area contributed by atoms with Gasteiger partial charge in [0.25, 0.3) is 0 Å². The summed E-state index contributed by atoms with van der Waals surface area (Å²) in [6, 6.07) is 7.58. The van der Waals surface area contributed by atoms with Crippen molar-refractivity contribution >= 4 is 5.91 Å². The molecule has 1 amide bonds. The van der Waals surface area contributed by atoms with E-state index >= 15 is 0 Å². The van der Waals surface area contributed by atoms with Gasteiger partial charge in [-0.15, -0.1) is 0 Å². The second kappa shape index (κ2) is 7.90. The van der Waals surface area contributed by atoms with Gasteiger partial charge in [-0.3, -0.25) is 4.79 Å². The van der Waals surface area contributed by atoms with Gasteiger partial charge < -0.3 is 15.4 Å². The van der Waals surface area contributed by atoms with E-state index in [1.165, 1.54) is 0 Å². The van der Waals surface area contributed by atoms with E-state index < -0.39 is 6.04 Å². The number of carbonyl (C=O) groups is 1. The monoisotopic (exact) mass is 278 g/mol. The summed E-state index contributed by atoms with van der Waals surface area (Å²) in [5.74, 6) is 0.868. The molecule has 0 radical (unpaired) electrons. The molecular weight excluding hydrogens is 252 g/mol. The molecule has 4 nitrogen and oxygen atoms in total. The van der Waals surface area contributed by atoms with Crippen LogP contribution in [0.25, 0.3) is 0 Å². The molecule has 1 aromatic carbocycles. The molecule has 0 fully saturated rings. The van der Waals surface area contributed by atoms with E-state index in [9.17, 15) is 4.79 Å². The van der Waals surface area contributed by atoms with Crippen molar-refractivity contribution in [1.82, 2.24) is 4.90 Å². The van der Waals surface area contributed by atoms with Crippen LogP contribution in [0.3, 0.4) is 0 Å². The molecule has 0 spiro atoms. The van der Waals surface area contributed by atoms with Crippen molar-refractivity contribution < 1.29 is 9.53 Å². The summed E-state index contributed by atoms with van der Waals surface area (Å²) in [4.78, 5) is 13.9. The number of nitrogens with zero attached hydrogens (tertiary/aromatic N) is 1. The molecule has 0 saturated heterocycles. The number of hydrogen-bond acceptors (Lipinski definition) is 3. The molecule has 0 bridgehead atoms. The van der Waals surface area contributed by atoms with Gasteiger partial charge in [0.2, 0.25) is 5.91 Å². The molecule has 0 heterocycles. The fourth-order valence-corrected chi connectivity index (χ4v) is 2.24. The lowest BCUT2D eigenvalue weighted by Gasteiger charge is -2.28. The zero-order chi connectivity index (χ0) is 15.1. The molecule has 1 rings (SSSR count). The van der Waals surface area contributed by atoms with E-state index in [1.54, 1.807) is 12.0 Å². The Kier molecular flexibility index (Phi) is 6.52. The highest BCUT2D eigenvalue weighted by atomic mass is 16.5. The number of likely N-dealkylation sites (N-methyl/N-ethyl adjacent to an activating group) is 1. The number of methoxy groups -OCH3 is 1. The molecule has 112 valence electrons. The largest absolute Gasteiger partial charge is 0.496 e. The first-order valence-corrected chi connectivity index (χ1v) is 7.15. The number of rotatable bonds is 7. The van der Waals surface area contributed by atoms with Crippen LogP contribution in [0.4, 0.5) is 0 Å². The average molecular weight is 278 g/mol. The van der Waals surface area contributed by atoms with Crippen molar-refractivity contribution in [2.75, 3.05) is 14.2 Å². The van der Waals surface area contributed by atoms with Gasteiger partial charge in [-0.25, -0.2) is 0 Å². The number of ether oxygens (including phenoxy) is 1. The van der Waals surface area contributed by atoms with E-state index in [-0.39, 0.29) is 11.9 Å². The van der Waals surface area contributed by atoms with Gasteiger partial charge in [0.15, 0.2) is 0 Å². The summed E-state index contributed by atoms with van der Waals surface area (Å²) in [5, 5.41) is 0. The Hall–Kier alpha value is -1.55. The minimum absolute atomic E-state index is 0.00856. The molecule has 0 aliphatic heterocycles. The summed E-state index contributed by atoms with van der Waals surface area (Å²) in [6.07, 6.45) is 2.40. The van der Waals surface area contributed by atoms with E-state index in [4.69, 9.17) is 10.5 Å². The molecule has 0 aromatic heterocycles. The van der Waals surface area contributed by atoms with E-state index in [0.29, 0.717) is 0 Å². The van der Waals surface area contributed by atoms with Gasteiger partial charge >= 0.3 is 0 Å². The van der Waals surface area contributed by atoms with Crippen LogP contribution in [0.15, 0.2) is 24.3 Å². The predicted molar refractivity (Wildman–Crippen MR) is 81.8 cm³/mol. The SMILES string of the molecule is CCC[C@H](N)C(=O)N(C)C(C)Cc1ccccc1OC. The Labute approximate surface area is 121 Å². The Morgan fingerprint density at radius 2 is 2.05 bits per heavy atom. The quantitative estimate of drug-likeness (QED) is 0.832. The third kappa shape index (κ3) is 4.23. The molecule has 1 unspecified atom stereocenters. The standard InChI is InChI=1S/C16H26N2O2/c1-5-8-14(17)16(19)18(3)12(2)11-13-9-6-7-10-15(13)20-4/h6-7,9-10,12,14H,5,8,11,17H2,1-4H3/t12?,14-/m0/s1. The van der Waals surface area contributed by atoms with Crippen LogP contribution in [0.5, 0.6) is 5.75 Å². The number of nitrogens with two attached hydrogens (primary N) is 1. The van der Waals surface area contributed by atoms with Crippen molar-refractivity contribution in [1.29, 1.82) is 0 Å². The lowest BCUT2D eigenvalue weighted by atomic mass is 10.0. The van der Waals surface area contributed by atoms with Crippen LogP contribution in [-0.4, -0.2) is 37.0 Å². The number of para-hydroxylation sites is 1. The molecule has 20 heavy (non-hydrogen) atoms. The molecule has 2 N–H and O–H groups in total. The van der Waals surface area contributed by atoms with Crippen LogP contribution >= 0.6 is 0 Å². The molecule has 4 heteroatoms. The summed E-state index contributed by atoms with van der Waals surface area (Å²) in [5.41, 5.74) is 7.00. The Bertz CT molecular complexity index is 434. The second-order valence-corrected chi connectivity index (χ2v) is 5.21. The van der Waals surface area contributed by atoms with Crippen molar-refractivity contribution in [3.8, 4) is 5.75 Å². The number of hydrogen-bond donors (Lipinski definition) is 1. The van der Waals surface area contributed by atoms with Gasteiger partial charge in [0.1, 0.15) is 5.75 Å². The highest BCUT2D eigenvalue weighted by Gasteiger charge is 2.22. The first kappa shape index (κ1) is 16.5. The Morgan fingerprint density at radius 3 is 2.65 bits per heavy atom. The molecule has 2 atom stereocenters. The topological polar surface area (TPSA) is 55.6 Å². The number of amides is 1. The fourth-order valence-electron chi connectivity index (χ4n) is 2.24. The van der Waals surface area contributed by atoms with Crippen molar-refractivity contribution in [2.24, 2.45) is 5.73 Å². The van der Waals surface area contributed by atoms with Crippen LogP contribution in [0.1, 0.15) is 32.3 Å². The molecular formula is C16H26N2O2. The normalized spacial score (nSPS) is 13.7. The zero-order valence-corrected chi connectivity index (χ0v) is 12.9. The second-order valence-electron chi connectivity index (χ2n) is 5.21. The summed E-state index contributed by atoms with van der Waals surface area (Å²) >= 11 is 0. The fraction of sp³-hybridized carbons (Fsp3) is 0.562. The minimum atomic E-state index is -0.398. The third-order valence-corrected chi connectivity index (χ3v) is 3.63. The van der Waals surface area contributed by atoms with Crippen LogP contribution in [-0.2, 0) is 11.2 Å². The first-order valence-electron chi connectivity index (χ1n) is 7.15. The Balaban J connectivity index is 2.70. The lowest BCUT2D eigenvalue weighted by molar-refractivity contribution is -0.133. The van der Waals surface area contributed by atoms with Gasteiger partial charge in [-0.05, 0) is 31.4 Å². The molecule has 0 aliphatic rings. The minimum Gasteiger partial charge on any atom is -0.496 e. The maximum atomic E-state index is 12.2. The lowest BCUT2D eigenvalue weighted by Crippen LogP contribution is -2.46. The first-order chi connectivity index (χ1) is 9.51. The van der Waals surface area contributed by atoms with Crippen LogP contribution in [0, 0.1) is 0 Å². The number of benzene rings is 1. The molecule has 0 aliphatic carbocycles. The van der Waals surface area contributed by atoms with Crippen molar-refractivity contribution in [3.05, 3.63) is 29.8 Å². The van der Waals surface area contributed by atoms with Crippen molar-refractivity contribution in [2.45, 2.75) is 45.2 Å². The van der Waals surface area contributed by atoms with Crippen LogP contribution in [0.2, 0.25) is 0 Å². The Morgan fingerprint density at radius 1 is 1.40 bits per heavy atom. The third-order valence-electron chi connectivity index (χ3n) is 3.63. The average Bonchev–Trinajstić information content (AvgIpc) is 2.46. The smallest absolute Gasteiger partial charge is 0.239 e. The highest BCUT2D eigenvalue weighted by molar-refractivity contribution is 5.81. The summed E-state index contributed by atoms with van der Waals surface area (Å²) in [6.45, 7) is 4.06. The summed E-state index contributed by atoms with van der Waals surface area (Å²) in [7, 11) is 3.48.